The zero-order valence-corrected chi connectivity index (χ0v) is 16.8. The largest absolute Gasteiger partial charge is 0.506 e. The molecular formula is C22H22N6O2. The van der Waals surface area contributed by atoms with E-state index in [0.717, 1.165) is 41.0 Å². The first-order valence-electron chi connectivity index (χ1n) is 9.90. The Morgan fingerprint density at radius 2 is 1.87 bits per heavy atom. The van der Waals surface area contributed by atoms with Crippen LogP contribution in [0.3, 0.4) is 0 Å². The molecule has 1 amide bonds. The van der Waals surface area contributed by atoms with E-state index < -0.39 is 5.54 Å². The maximum atomic E-state index is 12.9. The molecule has 3 aromatic heterocycles. The smallest absolute Gasteiger partial charge is 0.251 e. The number of aromatic nitrogens is 5. The van der Waals surface area contributed by atoms with Crippen molar-refractivity contribution in [3.63, 3.8) is 0 Å². The lowest BCUT2D eigenvalue weighted by atomic mass is 9.81. The Labute approximate surface area is 173 Å². The van der Waals surface area contributed by atoms with Gasteiger partial charge >= 0.3 is 0 Å². The van der Waals surface area contributed by atoms with Crippen molar-refractivity contribution in [2.75, 3.05) is 0 Å². The highest BCUT2D eigenvalue weighted by atomic mass is 16.3. The van der Waals surface area contributed by atoms with Crippen molar-refractivity contribution in [1.29, 1.82) is 0 Å². The first-order valence-corrected chi connectivity index (χ1v) is 9.90. The van der Waals surface area contributed by atoms with Crippen LogP contribution in [0.1, 0.15) is 40.7 Å². The third-order valence-corrected chi connectivity index (χ3v) is 5.87. The van der Waals surface area contributed by atoms with Gasteiger partial charge in [0, 0.05) is 28.0 Å². The van der Waals surface area contributed by atoms with Gasteiger partial charge in [-0.2, -0.15) is 5.10 Å². The maximum absolute atomic E-state index is 12.9. The van der Waals surface area contributed by atoms with Crippen LogP contribution in [0.5, 0.6) is 5.75 Å². The predicted molar refractivity (Wildman–Crippen MR) is 111 cm³/mol. The molecule has 8 heteroatoms. The molecule has 0 bridgehead atoms. The van der Waals surface area contributed by atoms with E-state index in [4.69, 9.17) is 0 Å². The summed E-state index contributed by atoms with van der Waals surface area (Å²) in [6.45, 7) is 4.02. The summed E-state index contributed by atoms with van der Waals surface area (Å²) in [4.78, 5) is 12.9. The Hall–Kier alpha value is -3.68. The number of benzene rings is 1. The average molecular weight is 402 g/mol. The minimum atomic E-state index is -0.420. The fraction of sp³-hybridized carbons (Fsp3) is 0.273. The van der Waals surface area contributed by atoms with Gasteiger partial charge in [-0.15, -0.1) is 10.2 Å². The number of nitrogens with zero attached hydrogens (tertiary/aromatic N) is 5. The molecule has 0 fully saturated rings. The lowest BCUT2D eigenvalue weighted by molar-refractivity contribution is 0.0898. The number of hydrogen-bond acceptors (Lipinski definition) is 5. The quantitative estimate of drug-likeness (QED) is 0.549. The molecule has 0 radical (unpaired) electrons. The Morgan fingerprint density at radius 3 is 2.60 bits per heavy atom. The van der Waals surface area contributed by atoms with Gasteiger partial charge in [0.2, 0.25) is 0 Å². The van der Waals surface area contributed by atoms with E-state index in [9.17, 15) is 9.90 Å². The second kappa shape index (κ2) is 6.69. The lowest BCUT2D eigenvalue weighted by Gasteiger charge is -2.34. The molecule has 5 rings (SSSR count). The van der Waals surface area contributed by atoms with Crippen LogP contribution in [-0.2, 0) is 12.8 Å². The van der Waals surface area contributed by atoms with Gasteiger partial charge in [-0.25, -0.2) is 4.52 Å². The van der Waals surface area contributed by atoms with Crippen LogP contribution in [0.15, 0.2) is 49.1 Å². The van der Waals surface area contributed by atoms with E-state index in [-0.39, 0.29) is 11.7 Å². The molecule has 152 valence electrons. The average Bonchev–Trinajstić information content (AvgIpc) is 3.39. The molecule has 2 N–H and O–H groups in total. The highest BCUT2D eigenvalue weighted by Gasteiger charge is 2.35. The van der Waals surface area contributed by atoms with Crippen LogP contribution >= 0.6 is 0 Å². The van der Waals surface area contributed by atoms with Crippen LogP contribution in [0.4, 0.5) is 0 Å². The molecule has 3 heterocycles. The Balaban J connectivity index is 1.39. The Kier molecular flexibility index (Phi) is 4.09. The van der Waals surface area contributed by atoms with E-state index in [1.165, 1.54) is 0 Å². The lowest BCUT2D eigenvalue weighted by Crippen LogP contribution is -2.49. The topological polar surface area (TPSA) is 97.3 Å². The normalized spacial score (nSPS) is 18.3. The summed E-state index contributed by atoms with van der Waals surface area (Å²) < 4.78 is 3.59. The first kappa shape index (κ1) is 18.4. The number of rotatable bonds is 3. The number of carbonyl (C=O) groups excluding carboxylic acids is 1. The van der Waals surface area contributed by atoms with Crippen molar-refractivity contribution < 1.29 is 9.90 Å². The van der Waals surface area contributed by atoms with Crippen LogP contribution in [0.25, 0.3) is 11.2 Å². The zero-order valence-electron chi connectivity index (χ0n) is 16.8. The molecule has 0 saturated heterocycles. The molecule has 1 unspecified atom stereocenters. The third-order valence-electron chi connectivity index (χ3n) is 5.87. The van der Waals surface area contributed by atoms with Crippen molar-refractivity contribution in [3.05, 3.63) is 71.6 Å². The number of carbonyl (C=O) groups is 1. The summed E-state index contributed by atoms with van der Waals surface area (Å²) in [6.07, 6.45) is 5.38. The van der Waals surface area contributed by atoms with Crippen molar-refractivity contribution in [3.8, 4) is 11.4 Å². The Bertz CT molecular complexity index is 1240. The molecule has 8 nitrogen and oxygen atoms in total. The van der Waals surface area contributed by atoms with Gasteiger partial charge in [0.05, 0.1) is 5.69 Å². The Morgan fingerprint density at radius 1 is 1.13 bits per heavy atom. The van der Waals surface area contributed by atoms with Gasteiger partial charge in [-0.05, 0) is 69.5 Å². The molecule has 1 aliphatic rings. The molecule has 4 aromatic rings. The summed E-state index contributed by atoms with van der Waals surface area (Å²) in [5, 5.41) is 25.9. The molecule has 1 aromatic carbocycles. The van der Waals surface area contributed by atoms with Gasteiger partial charge in [-0.1, -0.05) is 0 Å². The second-order valence-corrected chi connectivity index (χ2v) is 8.15. The van der Waals surface area contributed by atoms with Gasteiger partial charge in [-0.3, -0.25) is 9.36 Å². The van der Waals surface area contributed by atoms with Crippen LogP contribution < -0.4 is 5.32 Å². The number of nitrogens with one attached hydrogen (secondary N) is 1. The fourth-order valence-electron chi connectivity index (χ4n) is 4.19. The van der Waals surface area contributed by atoms with E-state index in [0.29, 0.717) is 12.0 Å². The summed E-state index contributed by atoms with van der Waals surface area (Å²) in [7, 11) is 0. The van der Waals surface area contributed by atoms with Gasteiger partial charge in [0.25, 0.3) is 5.91 Å². The summed E-state index contributed by atoms with van der Waals surface area (Å²) in [6, 6.07) is 10.9. The molecule has 0 saturated carbocycles. The third kappa shape index (κ3) is 3.01. The number of hydrogen-bond donors (Lipinski definition) is 2. The minimum Gasteiger partial charge on any atom is -0.506 e. The maximum Gasteiger partial charge on any atom is 0.251 e. The van der Waals surface area contributed by atoms with E-state index in [1.807, 2.05) is 25.1 Å². The minimum absolute atomic E-state index is 0.117. The predicted octanol–water partition coefficient (Wildman–Crippen LogP) is 2.61. The first-order chi connectivity index (χ1) is 14.4. The van der Waals surface area contributed by atoms with Crippen molar-refractivity contribution in [2.45, 2.75) is 38.6 Å². The highest BCUT2D eigenvalue weighted by Crippen LogP contribution is 2.35. The molecule has 0 aliphatic heterocycles. The van der Waals surface area contributed by atoms with E-state index in [1.54, 1.807) is 39.9 Å². The van der Waals surface area contributed by atoms with E-state index in [2.05, 4.69) is 27.5 Å². The number of aryl methyl sites for hydroxylation is 2. The summed E-state index contributed by atoms with van der Waals surface area (Å²) in [5.41, 5.74) is 4.77. The number of pyridine rings is 1. The highest BCUT2D eigenvalue weighted by molar-refractivity contribution is 5.95. The second-order valence-electron chi connectivity index (χ2n) is 8.15. The van der Waals surface area contributed by atoms with Crippen LogP contribution in [0, 0.1) is 6.92 Å². The molecule has 1 aliphatic carbocycles. The van der Waals surface area contributed by atoms with Crippen LogP contribution in [0.2, 0.25) is 0 Å². The van der Waals surface area contributed by atoms with Gasteiger partial charge in [0.15, 0.2) is 0 Å². The molecule has 30 heavy (non-hydrogen) atoms. The summed E-state index contributed by atoms with van der Waals surface area (Å²) in [5.74, 6) is 0.0997. The standard InChI is InChI=1S/C22H22N6O2/c1-14-3-8-19(29)20-17-11-22(2,10-9-18(17)26-28(14)20)25-21(30)15-4-6-16(7-5-15)27-12-23-24-13-27/h3-8,12-13,29H,9-11H2,1-2H3,(H,25,30). The zero-order chi connectivity index (χ0) is 20.9. The van der Waals surface area contributed by atoms with Gasteiger partial charge < -0.3 is 10.4 Å². The fourth-order valence-corrected chi connectivity index (χ4v) is 4.19. The van der Waals surface area contributed by atoms with Gasteiger partial charge in [0.1, 0.15) is 23.9 Å². The number of fused-ring (bicyclic) bond motifs is 3. The molecular weight excluding hydrogens is 380 g/mol. The van der Waals surface area contributed by atoms with Crippen molar-refractivity contribution in [1.82, 2.24) is 29.7 Å². The number of amides is 1. The van der Waals surface area contributed by atoms with Crippen LogP contribution in [-0.4, -0.2) is 40.9 Å². The summed E-state index contributed by atoms with van der Waals surface area (Å²) >= 11 is 0. The monoisotopic (exact) mass is 402 g/mol. The van der Waals surface area contributed by atoms with E-state index >= 15 is 0 Å². The molecule has 0 spiro atoms. The van der Waals surface area contributed by atoms with Crippen molar-refractivity contribution in [2.24, 2.45) is 0 Å². The SMILES string of the molecule is Cc1ccc(O)c2c3c(nn12)CCC(C)(NC(=O)c1ccc(-n2cnnc2)cc1)C3. The number of aromatic hydroxyl groups is 1. The molecule has 1 atom stereocenters. The van der Waals surface area contributed by atoms with Crippen molar-refractivity contribution >= 4 is 11.4 Å².